The fraction of sp³-hybridized carbons (Fsp3) is 0.485. The molecule has 0 unspecified atom stereocenters. The van der Waals surface area contributed by atoms with Crippen molar-refractivity contribution in [2.75, 3.05) is 53.6 Å². The molecule has 0 aliphatic carbocycles. The number of carbonyl (C=O) groups excluding carboxylic acids is 1. The van der Waals surface area contributed by atoms with Crippen LogP contribution in [0.2, 0.25) is 0 Å². The van der Waals surface area contributed by atoms with Gasteiger partial charge in [-0.1, -0.05) is 60.7 Å². The summed E-state index contributed by atoms with van der Waals surface area (Å²) in [6.07, 6.45) is -2.14. The van der Waals surface area contributed by atoms with Gasteiger partial charge in [0, 0.05) is 58.4 Å². The fourth-order valence-corrected chi connectivity index (χ4v) is 6.91. The van der Waals surface area contributed by atoms with Crippen molar-refractivity contribution in [2.45, 2.75) is 43.4 Å². The Labute approximate surface area is 245 Å². The van der Waals surface area contributed by atoms with Crippen molar-refractivity contribution in [2.24, 2.45) is 5.41 Å². The molecule has 3 aromatic rings. The van der Waals surface area contributed by atoms with Gasteiger partial charge in [-0.15, -0.1) is 0 Å². The van der Waals surface area contributed by atoms with Crippen LogP contribution >= 0.6 is 0 Å². The highest BCUT2D eigenvalue weighted by atomic mass is 19.4. The molecule has 2 saturated heterocycles. The number of rotatable bonds is 9. The Bertz CT molecular complexity index is 1370. The minimum Gasteiger partial charge on any atom is -0.493 e. The highest BCUT2D eigenvalue weighted by Gasteiger charge is 2.64. The van der Waals surface area contributed by atoms with Crippen LogP contribution in [0.4, 0.5) is 13.2 Å². The molecular weight excluding hydrogens is 545 g/mol. The van der Waals surface area contributed by atoms with Crippen LogP contribution < -0.4 is 10.1 Å². The van der Waals surface area contributed by atoms with E-state index in [4.69, 9.17) is 14.2 Å². The maximum atomic E-state index is 15.0. The van der Waals surface area contributed by atoms with Gasteiger partial charge in [-0.2, -0.15) is 13.2 Å². The molecule has 0 radical (unpaired) electrons. The largest absolute Gasteiger partial charge is 0.493 e. The number of methoxy groups -OCH3 is 2. The first-order chi connectivity index (χ1) is 20.3. The van der Waals surface area contributed by atoms with Crippen molar-refractivity contribution < 1.29 is 32.2 Å². The van der Waals surface area contributed by atoms with Crippen molar-refractivity contribution in [3.05, 3.63) is 77.9 Å². The van der Waals surface area contributed by atoms with E-state index in [1.165, 1.54) is 11.0 Å². The quantitative estimate of drug-likeness (QED) is 0.311. The second kappa shape index (κ2) is 12.6. The molecule has 9 heteroatoms. The second-order valence-corrected chi connectivity index (χ2v) is 11.3. The van der Waals surface area contributed by atoms with Gasteiger partial charge in [0.25, 0.3) is 11.5 Å². The molecule has 2 fully saturated rings. The molecule has 1 N–H and O–H groups in total. The molecule has 6 nitrogen and oxygen atoms in total. The normalized spacial score (nSPS) is 20.4. The van der Waals surface area contributed by atoms with Crippen LogP contribution in [-0.4, -0.2) is 70.6 Å². The third-order valence-electron chi connectivity index (χ3n) is 9.15. The van der Waals surface area contributed by atoms with Crippen LogP contribution in [0.5, 0.6) is 5.75 Å². The highest BCUT2D eigenvalue weighted by molar-refractivity contribution is 5.95. The molecule has 0 aromatic heterocycles. The summed E-state index contributed by atoms with van der Waals surface area (Å²) in [7, 11) is 2.64. The number of carbonyl (C=O) groups is 1. The summed E-state index contributed by atoms with van der Waals surface area (Å²) in [6, 6.07) is 19.4. The molecule has 5 rings (SSSR count). The summed E-state index contributed by atoms with van der Waals surface area (Å²) >= 11 is 0. The lowest BCUT2D eigenvalue weighted by Crippen LogP contribution is -2.60. The van der Waals surface area contributed by atoms with Gasteiger partial charge >= 0.3 is 6.18 Å². The van der Waals surface area contributed by atoms with Gasteiger partial charge in [-0.3, -0.25) is 4.79 Å². The van der Waals surface area contributed by atoms with Gasteiger partial charge < -0.3 is 24.4 Å². The molecule has 3 aromatic carbocycles. The van der Waals surface area contributed by atoms with Crippen LogP contribution in [0, 0.1) is 5.41 Å². The van der Waals surface area contributed by atoms with Crippen molar-refractivity contribution in [3.8, 4) is 5.75 Å². The third kappa shape index (κ3) is 5.50. The van der Waals surface area contributed by atoms with E-state index >= 15 is 13.2 Å². The number of nitrogens with one attached hydrogen (secondary N) is 1. The van der Waals surface area contributed by atoms with Crippen LogP contribution in [0.3, 0.4) is 0 Å². The van der Waals surface area contributed by atoms with E-state index in [1.807, 2.05) is 18.2 Å². The molecule has 2 aliphatic rings. The molecule has 42 heavy (non-hydrogen) atoms. The van der Waals surface area contributed by atoms with Gasteiger partial charge in [-0.25, -0.2) is 0 Å². The maximum absolute atomic E-state index is 15.0. The number of benzene rings is 3. The zero-order valence-electron chi connectivity index (χ0n) is 24.2. The highest BCUT2D eigenvalue weighted by Crippen LogP contribution is 2.52. The number of ether oxygens (including phenoxy) is 3. The summed E-state index contributed by atoms with van der Waals surface area (Å²) in [5.41, 5.74) is -2.35. The number of amides is 1. The first-order valence-corrected chi connectivity index (χ1v) is 14.6. The molecule has 226 valence electrons. The Morgan fingerprint density at radius 3 is 2.40 bits per heavy atom. The third-order valence-corrected chi connectivity index (χ3v) is 9.15. The summed E-state index contributed by atoms with van der Waals surface area (Å²) in [6.45, 7) is 3.15. The number of hydrogen-bond acceptors (Lipinski definition) is 5. The van der Waals surface area contributed by atoms with Crippen LogP contribution in [0.1, 0.15) is 42.7 Å². The van der Waals surface area contributed by atoms with Crippen LogP contribution in [-0.2, 0) is 19.9 Å². The Balaban J connectivity index is 1.42. The maximum Gasteiger partial charge on any atom is 0.431 e. The van der Waals surface area contributed by atoms with Crippen molar-refractivity contribution >= 4 is 16.7 Å². The number of alkyl halides is 3. The average Bonchev–Trinajstić information content (AvgIpc) is 3.00. The molecule has 1 spiro atoms. The Morgan fingerprint density at radius 1 is 0.952 bits per heavy atom. The standard InChI is InChI=1S/C33H39F3N2O4/c1-40-21-8-22-42-29-14-6-5-12-26(29)28-23-37-18-15-31(28)16-19-38(20-17-31)30(39)32(41-2,33(34,35)36)27-13-7-10-24-9-3-4-11-25(24)27/h3-7,9-14,28,37H,8,15-23H2,1-2H3/t28-,32-/m0/s1. The van der Waals surface area contributed by atoms with E-state index in [1.54, 1.807) is 43.5 Å². The van der Waals surface area contributed by atoms with Gasteiger partial charge in [0.05, 0.1) is 6.61 Å². The summed E-state index contributed by atoms with van der Waals surface area (Å²) in [5.74, 6) is -0.127. The number of nitrogens with zero attached hydrogens (tertiary/aromatic N) is 1. The van der Waals surface area contributed by atoms with Crippen LogP contribution in [0.15, 0.2) is 66.7 Å². The summed E-state index contributed by atoms with van der Waals surface area (Å²) < 4.78 is 61.6. The molecule has 2 atom stereocenters. The van der Waals surface area contributed by atoms with Crippen molar-refractivity contribution in [3.63, 3.8) is 0 Å². The predicted molar refractivity (Wildman–Crippen MR) is 156 cm³/mol. The number of hydrogen-bond donors (Lipinski definition) is 1. The van der Waals surface area contributed by atoms with E-state index in [0.29, 0.717) is 36.8 Å². The number of halogens is 3. The summed E-state index contributed by atoms with van der Waals surface area (Å²) in [4.78, 5) is 15.4. The Morgan fingerprint density at radius 2 is 1.67 bits per heavy atom. The van der Waals surface area contributed by atoms with Gasteiger partial charge in [0.1, 0.15) is 5.75 Å². The van der Waals surface area contributed by atoms with Crippen molar-refractivity contribution in [1.29, 1.82) is 0 Å². The first kappa shape index (κ1) is 30.3. The minimum absolute atomic E-state index is 0.106. The predicted octanol–water partition coefficient (Wildman–Crippen LogP) is 6.05. The average molecular weight is 585 g/mol. The fourth-order valence-electron chi connectivity index (χ4n) is 6.91. The molecule has 2 heterocycles. The zero-order chi connectivity index (χ0) is 29.8. The minimum atomic E-state index is -4.96. The Kier molecular flexibility index (Phi) is 9.11. The topological polar surface area (TPSA) is 60.0 Å². The molecular formula is C33H39F3N2O4. The number of piperidine rings is 2. The van der Waals surface area contributed by atoms with Crippen LogP contribution in [0.25, 0.3) is 10.8 Å². The van der Waals surface area contributed by atoms with Crippen molar-refractivity contribution in [1.82, 2.24) is 10.2 Å². The lowest BCUT2D eigenvalue weighted by atomic mass is 9.62. The summed E-state index contributed by atoms with van der Waals surface area (Å²) in [5, 5.41) is 4.48. The SMILES string of the molecule is COCCCOc1ccccc1[C@@H]1CNCCC12CCN(C(=O)[C@@](OC)(c1cccc3ccccc13)C(F)(F)F)CC2. The molecule has 1 amide bonds. The first-order valence-electron chi connectivity index (χ1n) is 14.6. The number of likely N-dealkylation sites (tertiary alicyclic amines) is 1. The zero-order valence-corrected chi connectivity index (χ0v) is 24.2. The van der Waals surface area contributed by atoms with Gasteiger partial charge in [0.2, 0.25) is 0 Å². The smallest absolute Gasteiger partial charge is 0.431 e. The Hall–Kier alpha value is -3.14. The molecule has 0 saturated carbocycles. The molecule has 0 bridgehead atoms. The number of fused-ring (bicyclic) bond motifs is 1. The second-order valence-electron chi connectivity index (χ2n) is 11.3. The van der Waals surface area contributed by atoms with E-state index in [0.717, 1.165) is 44.4 Å². The van der Waals surface area contributed by atoms with Gasteiger partial charge in [0.15, 0.2) is 0 Å². The lowest BCUT2D eigenvalue weighted by molar-refractivity contribution is -0.270. The van der Waals surface area contributed by atoms with E-state index in [2.05, 4.69) is 11.4 Å². The van der Waals surface area contributed by atoms with E-state index < -0.39 is 17.7 Å². The van der Waals surface area contributed by atoms with E-state index in [9.17, 15) is 4.79 Å². The monoisotopic (exact) mass is 584 g/mol. The lowest BCUT2D eigenvalue weighted by Gasteiger charge is -2.51. The van der Waals surface area contributed by atoms with E-state index in [-0.39, 0.29) is 30.0 Å². The molecule has 2 aliphatic heterocycles. The number of para-hydroxylation sites is 1. The van der Waals surface area contributed by atoms with Gasteiger partial charge in [-0.05, 0) is 53.6 Å².